The van der Waals surface area contributed by atoms with E-state index in [2.05, 4.69) is 31.5 Å². The maximum Gasteiger partial charge on any atom is 0.407 e. The van der Waals surface area contributed by atoms with Gasteiger partial charge in [0, 0.05) is 38.8 Å². The number of nitrogens with one attached hydrogen (secondary N) is 2. The van der Waals surface area contributed by atoms with Crippen molar-refractivity contribution in [1.29, 1.82) is 0 Å². The molecule has 0 aromatic heterocycles. The summed E-state index contributed by atoms with van der Waals surface area (Å²) in [5.41, 5.74) is 0.585. The Morgan fingerprint density at radius 1 is 1.29 bits per heavy atom. The fourth-order valence-corrected chi connectivity index (χ4v) is 3.18. The van der Waals surface area contributed by atoms with E-state index in [1.54, 1.807) is 7.05 Å². The number of likely N-dealkylation sites (N-methyl/N-ethyl adjacent to an activating group) is 1. The summed E-state index contributed by atoms with van der Waals surface area (Å²) in [5, 5.41) is 6.37. The lowest BCUT2D eigenvalue weighted by atomic mass is 10.2. The number of aliphatic imine (C=N–C) groups is 1. The molecule has 1 amide bonds. The van der Waals surface area contributed by atoms with Gasteiger partial charge in [0.05, 0.1) is 6.04 Å². The number of ether oxygens (including phenoxy) is 2. The first-order valence-electron chi connectivity index (χ1n) is 10.5. The molecular formula is C22H38IN5O3. The normalized spacial score (nSPS) is 16.7. The highest BCUT2D eigenvalue weighted by atomic mass is 127. The Morgan fingerprint density at radius 3 is 2.65 bits per heavy atom. The van der Waals surface area contributed by atoms with Gasteiger partial charge in [-0.15, -0.1) is 24.0 Å². The summed E-state index contributed by atoms with van der Waals surface area (Å²) in [7, 11) is 5.83. The van der Waals surface area contributed by atoms with Gasteiger partial charge in [-0.1, -0.05) is 18.2 Å². The number of guanidine groups is 1. The van der Waals surface area contributed by atoms with Gasteiger partial charge in [-0.2, -0.15) is 0 Å². The molecule has 0 bridgehead atoms. The van der Waals surface area contributed by atoms with Crippen LogP contribution in [0.4, 0.5) is 4.79 Å². The van der Waals surface area contributed by atoms with E-state index in [0.717, 1.165) is 36.8 Å². The van der Waals surface area contributed by atoms with E-state index < -0.39 is 5.60 Å². The van der Waals surface area contributed by atoms with Crippen LogP contribution >= 0.6 is 24.0 Å². The standard InChI is InChI=1S/C22H37N5O3.HI/c1-22(2,3)30-21(28)25-18-11-12-27(16-18)20(23-4)24-15-17-9-7-8-10-19(17)29-14-13-26(5)6;/h7-10,18H,11-16H2,1-6H3,(H,23,24)(H,25,28);1H. The van der Waals surface area contributed by atoms with Crippen molar-refractivity contribution in [2.75, 3.05) is 47.4 Å². The van der Waals surface area contributed by atoms with E-state index in [1.165, 1.54) is 0 Å². The maximum absolute atomic E-state index is 12.0. The number of alkyl carbamates (subject to hydrolysis) is 1. The Kier molecular flexibility index (Phi) is 11.4. The predicted octanol–water partition coefficient (Wildman–Crippen LogP) is 2.92. The van der Waals surface area contributed by atoms with Crippen LogP contribution in [0.1, 0.15) is 32.8 Å². The molecule has 1 atom stereocenters. The van der Waals surface area contributed by atoms with Gasteiger partial charge in [-0.25, -0.2) is 4.79 Å². The summed E-state index contributed by atoms with van der Waals surface area (Å²) in [6, 6.07) is 8.08. The number of carbonyl (C=O) groups is 1. The van der Waals surface area contributed by atoms with Crippen LogP contribution in [0.2, 0.25) is 0 Å². The fourth-order valence-electron chi connectivity index (χ4n) is 3.18. The van der Waals surface area contributed by atoms with Crippen LogP contribution in [-0.2, 0) is 11.3 Å². The zero-order valence-electron chi connectivity index (χ0n) is 19.6. The minimum absolute atomic E-state index is 0. The van der Waals surface area contributed by atoms with E-state index in [1.807, 2.05) is 53.1 Å². The Bertz CT molecular complexity index is 721. The van der Waals surface area contributed by atoms with Gasteiger partial charge in [0.15, 0.2) is 5.96 Å². The summed E-state index contributed by atoms with van der Waals surface area (Å²) in [4.78, 5) is 20.7. The lowest BCUT2D eigenvalue weighted by Gasteiger charge is -2.23. The van der Waals surface area contributed by atoms with Crippen LogP contribution in [-0.4, -0.2) is 80.9 Å². The minimum atomic E-state index is -0.498. The molecule has 0 spiro atoms. The summed E-state index contributed by atoms with van der Waals surface area (Å²) in [6.07, 6.45) is 0.477. The minimum Gasteiger partial charge on any atom is -0.492 e. The number of benzene rings is 1. The first kappa shape index (κ1) is 27.3. The lowest BCUT2D eigenvalue weighted by molar-refractivity contribution is 0.0507. The number of para-hydroxylation sites is 1. The molecule has 1 saturated heterocycles. The second-order valence-corrected chi connectivity index (χ2v) is 8.74. The van der Waals surface area contributed by atoms with Crippen molar-refractivity contribution < 1.29 is 14.3 Å². The number of halogens is 1. The molecule has 0 radical (unpaired) electrons. The molecule has 1 aliphatic rings. The van der Waals surface area contributed by atoms with Gasteiger partial charge in [-0.05, 0) is 47.4 Å². The molecular weight excluding hydrogens is 509 g/mol. The smallest absolute Gasteiger partial charge is 0.407 e. The van der Waals surface area contributed by atoms with Crippen LogP contribution in [0.25, 0.3) is 0 Å². The first-order valence-corrected chi connectivity index (χ1v) is 10.5. The van der Waals surface area contributed by atoms with Gasteiger partial charge in [0.25, 0.3) is 0 Å². The average molecular weight is 547 g/mol. The Balaban J connectivity index is 0.00000480. The van der Waals surface area contributed by atoms with Crippen molar-refractivity contribution in [3.05, 3.63) is 29.8 Å². The molecule has 1 heterocycles. The largest absolute Gasteiger partial charge is 0.492 e. The van der Waals surface area contributed by atoms with Crippen molar-refractivity contribution in [3.63, 3.8) is 0 Å². The molecule has 9 heteroatoms. The molecule has 1 unspecified atom stereocenters. The van der Waals surface area contributed by atoms with Crippen LogP contribution < -0.4 is 15.4 Å². The number of likely N-dealkylation sites (tertiary alicyclic amines) is 1. The molecule has 2 N–H and O–H groups in total. The monoisotopic (exact) mass is 547 g/mol. The van der Waals surface area contributed by atoms with E-state index in [0.29, 0.717) is 19.7 Å². The van der Waals surface area contributed by atoms with E-state index in [9.17, 15) is 4.79 Å². The third-order valence-electron chi connectivity index (χ3n) is 4.63. The maximum atomic E-state index is 12.0. The van der Waals surface area contributed by atoms with E-state index >= 15 is 0 Å². The van der Waals surface area contributed by atoms with Crippen molar-refractivity contribution in [2.24, 2.45) is 4.99 Å². The molecule has 1 aromatic carbocycles. The SMILES string of the molecule is CN=C(NCc1ccccc1OCCN(C)C)N1CCC(NC(=O)OC(C)(C)C)C1.I. The first-order chi connectivity index (χ1) is 14.2. The quantitative estimate of drug-likeness (QED) is 0.311. The third-order valence-corrected chi connectivity index (χ3v) is 4.63. The summed E-state index contributed by atoms with van der Waals surface area (Å²) in [5.74, 6) is 1.69. The van der Waals surface area contributed by atoms with Crippen LogP contribution in [0.3, 0.4) is 0 Å². The molecule has 1 aromatic rings. The molecule has 0 aliphatic carbocycles. The number of hydrogen-bond donors (Lipinski definition) is 2. The van der Waals surface area contributed by atoms with Gasteiger partial charge in [0.1, 0.15) is 18.0 Å². The lowest BCUT2D eigenvalue weighted by Crippen LogP contribution is -2.44. The van der Waals surface area contributed by atoms with Gasteiger partial charge in [-0.3, -0.25) is 4.99 Å². The van der Waals surface area contributed by atoms with Crippen LogP contribution in [0.15, 0.2) is 29.3 Å². The zero-order chi connectivity index (χ0) is 22.1. The van der Waals surface area contributed by atoms with E-state index in [-0.39, 0.29) is 36.1 Å². The average Bonchev–Trinajstić information content (AvgIpc) is 3.09. The molecule has 31 heavy (non-hydrogen) atoms. The van der Waals surface area contributed by atoms with E-state index in [4.69, 9.17) is 9.47 Å². The Hall–Kier alpha value is -1.75. The highest BCUT2D eigenvalue weighted by Crippen LogP contribution is 2.18. The third kappa shape index (κ3) is 9.94. The zero-order valence-corrected chi connectivity index (χ0v) is 21.9. The van der Waals surface area contributed by atoms with Crippen molar-refractivity contribution >= 4 is 36.0 Å². The molecule has 1 aliphatic heterocycles. The molecule has 2 rings (SSSR count). The summed E-state index contributed by atoms with van der Waals surface area (Å²) >= 11 is 0. The van der Waals surface area contributed by atoms with Crippen molar-refractivity contribution in [1.82, 2.24) is 20.4 Å². The Morgan fingerprint density at radius 2 is 2.00 bits per heavy atom. The number of hydrogen-bond acceptors (Lipinski definition) is 5. The summed E-state index contributed by atoms with van der Waals surface area (Å²) < 4.78 is 11.3. The molecule has 176 valence electrons. The highest BCUT2D eigenvalue weighted by molar-refractivity contribution is 14.0. The number of amides is 1. The number of carbonyl (C=O) groups excluding carboxylic acids is 1. The Labute approximate surface area is 203 Å². The molecule has 1 fully saturated rings. The van der Waals surface area contributed by atoms with Crippen LogP contribution in [0, 0.1) is 0 Å². The van der Waals surface area contributed by atoms with Gasteiger partial charge >= 0.3 is 6.09 Å². The van der Waals surface area contributed by atoms with Gasteiger partial charge in [0.2, 0.25) is 0 Å². The summed E-state index contributed by atoms with van der Waals surface area (Å²) in [6.45, 7) is 9.22. The topological polar surface area (TPSA) is 78.4 Å². The predicted molar refractivity (Wildman–Crippen MR) is 135 cm³/mol. The van der Waals surface area contributed by atoms with Crippen molar-refractivity contribution in [2.45, 2.75) is 45.4 Å². The number of rotatable bonds is 7. The second-order valence-electron chi connectivity index (χ2n) is 8.74. The highest BCUT2D eigenvalue weighted by Gasteiger charge is 2.27. The fraction of sp³-hybridized carbons (Fsp3) is 0.636. The second kappa shape index (κ2) is 12.9. The van der Waals surface area contributed by atoms with Crippen molar-refractivity contribution in [3.8, 4) is 5.75 Å². The van der Waals surface area contributed by atoms with Crippen LogP contribution in [0.5, 0.6) is 5.75 Å². The molecule has 0 saturated carbocycles. The van der Waals surface area contributed by atoms with Gasteiger partial charge < -0.3 is 29.9 Å². The molecule has 8 nitrogen and oxygen atoms in total. The number of nitrogens with zero attached hydrogens (tertiary/aromatic N) is 3.